The molecule has 1 saturated carbocycles. The molecule has 0 radical (unpaired) electrons. The van der Waals surface area contributed by atoms with Gasteiger partial charge in [0.25, 0.3) is 6.43 Å². The van der Waals surface area contributed by atoms with Gasteiger partial charge in [-0.1, -0.05) is 6.07 Å². The van der Waals surface area contributed by atoms with Gasteiger partial charge in [0.1, 0.15) is 0 Å². The summed E-state index contributed by atoms with van der Waals surface area (Å²) in [6.45, 7) is 1.84. The van der Waals surface area contributed by atoms with E-state index >= 15 is 0 Å². The molecule has 19 heavy (non-hydrogen) atoms. The van der Waals surface area contributed by atoms with Crippen molar-refractivity contribution in [1.29, 1.82) is 0 Å². The number of hydrogen-bond acceptors (Lipinski definition) is 3. The van der Waals surface area contributed by atoms with Crippen molar-refractivity contribution >= 4 is 11.3 Å². The highest BCUT2D eigenvalue weighted by molar-refractivity contribution is 7.10. The van der Waals surface area contributed by atoms with Crippen molar-refractivity contribution in [3.8, 4) is 0 Å². The summed E-state index contributed by atoms with van der Waals surface area (Å²) in [7, 11) is 0. The van der Waals surface area contributed by atoms with Gasteiger partial charge in [0.05, 0.1) is 6.54 Å². The number of piperidine rings is 1. The molecule has 1 N–H and O–H groups in total. The lowest BCUT2D eigenvalue weighted by Gasteiger charge is -2.38. The number of likely N-dealkylation sites (tertiary alicyclic amines) is 1. The van der Waals surface area contributed by atoms with Gasteiger partial charge in [-0.3, -0.25) is 4.90 Å². The van der Waals surface area contributed by atoms with Gasteiger partial charge in [-0.05, 0) is 30.7 Å². The van der Waals surface area contributed by atoms with Gasteiger partial charge in [-0.2, -0.15) is 0 Å². The standard InChI is InChI=1S/C14H20F2N2S/c15-14(16)7-17-11-6-10(13-2-1-5-19-13)8-18(9-11)12-3-4-12/h1-2,5,10-12,14,17H,3-4,6-9H2. The third-order valence-corrected chi connectivity index (χ3v) is 5.08. The first kappa shape index (κ1) is 13.5. The Bertz CT molecular complexity index is 392. The second kappa shape index (κ2) is 5.85. The summed E-state index contributed by atoms with van der Waals surface area (Å²) in [6, 6.07) is 5.17. The molecule has 0 amide bonds. The second-order valence-electron chi connectivity index (χ2n) is 5.63. The number of nitrogens with zero attached hydrogens (tertiary/aromatic N) is 1. The molecule has 2 heterocycles. The molecular weight excluding hydrogens is 266 g/mol. The molecule has 106 valence electrons. The summed E-state index contributed by atoms with van der Waals surface area (Å²) in [6.07, 6.45) is 1.28. The highest BCUT2D eigenvalue weighted by atomic mass is 32.1. The number of nitrogens with one attached hydrogen (secondary N) is 1. The number of rotatable bonds is 5. The number of halogens is 2. The van der Waals surface area contributed by atoms with Gasteiger partial charge in [0, 0.05) is 36.0 Å². The zero-order valence-electron chi connectivity index (χ0n) is 10.9. The Hall–Kier alpha value is -0.520. The van der Waals surface area contributed by atoms with E-state index < -0.39 is 6.43 Å². The van der Waals surface area contributed by atoms with E-state index in [2.05, 4.69) is 27.7 Å². The van der Waals surface area contributed by atoms with Crippen LogP contribution in [0.1, 0.15) is 30.1 Å². The molecule has 0 spiro atoms. The van der Waals surface area contributed by atoms with Crippen molar-refractivity contribution in [2.75, 3.05) is 19.6 Å². The molecule has 1 aliphatic heterocycles. The normalized spacial score (nSPS) is 29.0. The average Bonchev–Trinajstić information content (AvgIpc) is 3.11. The minimum Gasteiger partial charge on any atom is -0.307 e. The minimum absolute atomic E-state index is 0.180. The second-order valence-corrected chi connectivity index (χ2v) is 6.61. The van der Waals surface area contributed by atoms with Crippen LogP contribution in [0.25, 0.3) is 0 Å². The quantitative estimate of drug-likeness (QED) is 0.895. The van der Waals surface area contributed by atoms with Crippen molar-refractivity contribution in [2.45, 2.75) is 43.7 Å². The largest absolute Gasteiger partial charge is 0.307 e. The SMILES string of the molecule is FC(F)CNC1CC(c2cccs2)CN(C2CC2)C1. The van der Waals surface area contributed by atoms with Gasteiger partial charge < -0.3 is 5.32 Å². The van der Waals surface area contributed by atoms with E-state index in [-0.39, 0.29) is 12.6 Å². The topological polar surface area (TPSA) is 15.3 Å². The van der Waals surface area contributed by atoms with Crippen LogP contribution in [-0.4, -0.2) is 43.0 Å². The van der Waals surface area contributed by atoms with Crippen molar-refractivity contribution in [2.24, 2.45) is 0 Å². The molecule has 2 nitrogen and oxygen atoms in total. The van der Waals surface area contributed by atoms with Crippen LogP contribution in [0.15, 0.2) is 17.5 Å². The minimum atomic E-state index is -2.25. The average molecular weight is 286 g/mol. The molecule has 1 saturated heterocycles. The summed E-state index contributed by atoms with van der Waals surface area (Å²) in [5.74, 6) is 0.504. The molecule has 2 fully saturated rings. The molecule has 1 aromatic rings. The molecule has 0 bridgehead atoms. The van der Waals surface area contributed by atoms with Gasteiger partial charge >= 0.3 is 0 Å². The number of alkyl halides is 2. The Labute approximate surface area is 116 Å². The van der Waals surface area contributed by atoms with Crippen LogP contribution in [0.4, 0.5) is 8.78 Å². The van der Waals surface area contributed by atoms with Crippen LogP contribution in [0.3, 0.4) is 0 Å². The van der Waals surface area contributed by atoms with Crippen molar-refractivity contribution in [3.63, 3.8) is 0 Å². The lowest BCUT2D eigenvalue weighted by molar-refractivity contribution is 0.119. The van der Waals surface area contributed by atoms with E-state index in [9.17, 15) is 8.78 Å². The van der Waals surface area contributed by atoms with Crippen LogP contribution in [0, 0.1) is 0 Å². The first-order chi connectivity index (χ1) is 9.22. The zero-order valence-corrected chi connectivity index (χ0v) is 11.7. The third-order valence-electron chi connectivity index (χ3n) is 4.05. The maximum Gasteiger partial charge on any atom is 0.250 e. The number of hydrogen-bond donors (Lipinski definition) is 1. The molecule has 2 atom stereocenters. The summed E-state index contributed by atoms with van der Waals surface area (Å²) in [5.41, 5.74) is 0. The van der Waals surface area contributed by atoms with Crippen LogP contribution in [-0.2, 0) is 0 Å². The fourth-order valence-electron chi connectivity index (χ4n) is 3.00. The van der Waals surface area contributed by atoms with E-state index in [1.165, 1.54) is 17.7 Å². The summed E-state index contributed by atoms with van der Waals surface area (Å²) >= 11 is 1.79. The maximum absolute atomic E-state index is 12.4. The predicted octanol–water partition coefficient (Wildman–Crippen LogP) is 2.92. The Morgan fingerprint density at radius 1 is 1.37 bits per heavy atom. The van der Waals surface area contributed by atoms with Crippen molar-refractivity contribution in [1.82, 2.24) is 10.2 Å². The van der Waals surface area contributed by atoms with Crippen LogP contribution < -0.4 is 5.32 Å². The highest BCUT2D eigenvalue weighted by Gasteiger charge is 2.36. The van der Waals surface area contributed by atoms with Crippen LogP contribution >= 0.6 is 11.3 Å². The Balaban J connectivity index is 1.64. The molecule has 1 aliphatic carbocycles. The lowest BCUT2D eigenvalue weighted by atomic mass is 9.92. The number of thiophene rings is 1. The predicted molar refractivity (Wildman–Crippen MR) is 74.1 cm³/mol. The highest BCUT2D eigenvalue weighted by Crippen LogP contribution is 2.36. The monoisotopic (exact) mass is 286 g/mol. The Kier molecular flexibility index (Phi) is 4.15. The first-order valence-corrected chi connectivity index (χ1v) is 7.89. The Morgan fingerprint density at radius 2 is 2.21 bits per heavy atom. The lowest BCUT2D eigenvalue weighted by Crippen LogP contribution is -2.50. The summed E-state index contributed by atoms with van der Waals surface area (Å²) in [5, 5.41) is 5.14. The molecule has 3 rings (SSSR count). The third kappa shape index (κ3) is 3.52. The van der Waals surface area contributed by atoms with Gasteiger partial charge in [0.2, 0.25) is 0 Å². The molecule has 1 aromatic heterocycles. The fourth-order valence-corrected chi connectivity index (χ4v) is 3.84. The van der Waals surface area contributed by atoms with E-state index in [1.807, 2.05) is 0 Å². The summed E-state index contributed by atoms with van der Waals surface area (Å²) in [4.78, 5) is 3.89. The first-order valence-electron chi connectivity index (χ1n) is 7.01. The molecule has 2 unspecified atom stereocenters. The Morgan fingerprint density at radius 3 is 2.84 bits per heavy atom. The molecule has 2 aliphatic rings. The van der Waals surface area contributed by atoms with Crippen LogP contribution in [0.5, 0.6) is 0 Å². The van der Waals surface area contributed by atoms with Crippen LogP contribution in [0.2, 0.25) is 0 Å². The van der Waals surface area contributed by atoms with E-state index in [0.717, 1.165) is 19.5 Å². The fraction of sp³-hybridized carbons (Fsp3) is 0.714. The van der Waals surface area contributed by atoms with E-state index in [0.29, 0.717) is 12.0 Å². The van der Waals surface area contributed by atoms with E-state index in [4.69, 9.17) is 0 Å². The van der Waals surface area contributed by atoms with Crippen molar-refractivity contribution < 1.29 is 8.78 Å². The van der Waals surface area contributed by atoms with Gasteiger partial charge in [-0.15, -0.1) is 11.3 Å². The molecule has 0 aromatic carbocycles. The van der Waals surface area contributed by atoms with Crippen molar-refractivity contribution in [3.05, 3.63) is 22.4 Å². The van der Waals surface area contributed by atoms with E-state index in [1.54, 1.807) is 11.3 Å². The maximum atomic E-state index is 12.4. The molecule has 5 heteroatoms. The zero-order chi connectivity index (χ0) is 13.2. The molecular formula is C14H20F2N2S. The van der Waals surface area contributed by atoms with Gasteiger partial charge in [0.15, 0.2) is 0 Å². The smallest absolute Gasteiger partial charge is 0.250 e. The summed E-state index contributed by atoms with van der Waals surface area (Å²) < 4.78 is 24.7. The van der Waals surface area contributed by atoms with Gasteiger partial charge in [-0.25, -0.2) is 8.78 Å².